The van der Waals surface area contributed by atoms with E-state index in [1.54, 1.807) is 13.8 Å². The van der Waals surface area contributed by atoms with Crippen LogP contribution in [0.5, 0.6) is 5.75 Å². The Bertz CT molecular complexity index is 749. The molecule has 0 aromatic carbocycles. The molecular weight excluding hydrogens is 273 g/mol. The highest BCUT2D eigenvalue weighted by Crippen LogP contribution is 2.27. The van der Waals surface area contributed by atoms with E-state index in [9.17, 15) is 9.18 Å². The molecule has 2 rings (SSSR count). The van der Waals surface area contributed by atoms with E-state index in [0.29, 0.717) is 17.0 Å². The van der Waals surface area contributed by atoms with E-state index >= 15 is 0 Å². The number of aryl methyl sites for hydroxylation is 1. The highest BCUT2D eigenvalue weighted by Gasteiger charge is 2.24. The molecule has 21 heavy (non-hydrogen) atoms. The molecule has 0 amide bonds. The van der Waals surface area contributed by atoms with Crippen LogP contribution >= 0.6 is 0 Å². The summed E-state index contributed by atoms with van der Waals surface area (Å²) >= 11 is 0. The number of pyridine rings is 1. The van der Waals surface area contributed by atoms with Crippen LogP contribution in [0.2, 0.25) is 0 Å². The van der Waals surface area contributed by atoms with Crippen LogP contribution in [0, 0.1) is 12.9 Å². The Balaban J connectivity index is 2.47. The first-order chi connectivity index (χ1) is 9.93. The predicted molar refractivity (Wildman–Crippen MR) is 74.0 cm³/mol. The summed E-state index contributed by atoms with van der Waals surface area (Å²) in [7, 11) is 1.29. The van der Waals surface area contributed by atoms with Crippen molar-refractivity contribution in [1.29, 1.82) is 0 Å². The van der Waals surface area contributed by atoms with Crippen molar-refractivity contribution in [2.75, 3.05) is 7.11 Å². The maximum atomic E-state index is 13.0. The number of methoxy groups -OCH3 is 1. The van der Waals surface area contributed by atoms with Gasteiger partial charge >= 0.3 is 5.97 Å². The SMILES string of the molecule is COC(=O)C1=C(C)C(C)=C=C=C1Oc1ccc(F)nc1C. The Morgan fingerprint density at radius 2 is 1.95 bits per heavy atom. The number of ether oxygens (including phenoxy) is 2. The molecule has 0 saturated heterocycles. The van der Waals surface area contributed by atoms with Gasteiger partial charge in [-0.05, 0) is 44.2 Å². The fraction of sp³-hybridized carbons (Fsp3) is 0.250. The lowest BCUT2D eigenvalue weighted by molar-refractivity contribution is -0.136. The van der Waals surface area contributed by atoms with Gasteiger partial charge in [-0.1, -0.05) is 5.73 Å². The van der Waals surface area contributed by atoms with Gasteiger partial charge in [0.25, 0.3) is 0 Å². The van der Waals surface area contributed by atoms with E-state index in [1.807, 2.05) is 6.92 Å². The van der Waals surface area contributed by atoms with Crippen molar-refractivity contribution in [1.82, 2.24) is 4.98 Å². The van der Waals surface area contributed by atoms with Gasteiger partial charge in [-0.3, -0.25) is 0 Å². The molecular formula is C16H14FNO3. The average Bonchev–Trinajstić information content (AvgIpc) is 2.45. The maximum absolute atomic E-state index is 13.0. The van der Waals surface area contributed by atoms with Gasteiger partial charge in [-0.25, -0.2) is 9.78 Å². The second kappa shape index (κ2) is 5.80. The number of carbonyl (C=O) groups excluding carboxylic acids is 1. The van der Waals surface area contributed by atoms with E-state index in [0.717, 1.165) is 5.57 Å². The maximum Gasteiger partial charge on any atom is 0.342 e. The Kier molecular flexibility index (Phi) is 4.08. The van der Waals surface area contributed by atoms with Gasteiger partial charge in [0.15, 0.2) is 5.76 Å². The molecule has 0 spiro atoms. The summed E-state index contributed by atoms with van der Waals surface area (Å²) in [5.41, 5.74) is 7.79. The Hall–Kier alpha value is -2.61. The molecule has 0 saturated carbocycles. The number of allylic oxidation sites excluding steroid dienone is 2. The van der Waals surface area contributed by atoms with E-state index in [1.165, 1.54) is 19.2 Å². The monoisotopic (exact) mass is 287 g/mol. The minimum absolute atomic E-state index is 0.182. The third kappa shape index (κ3) is 2.95. The molecule has 0 unspecified atom stereocenters. The number of halogens is 1. The zero-order valence-corrected chi connectivity index (χ0v) is 12.2. The van der Waals surface area contributed by atoms with Crippen molar-refractivity contribution in [3.63, 3.8) is 0 Å². The van der Waals surface area contributed by atoms with Crippen molar-refractivity contribution in [3.05, 3.63) is 57.7 Å². The van der Waals surface area contributed by atoms with Crippen LogP contribution in [0.4, 0.5) is 4.39 Å². The van der Waals surface area contributed by atoms with Gasteiger partial charge in [0.1, 0.15) is 11.3 Å². The lowest BCUT2D eigenvalue weighted by Gasteiger charge is -2.15. The van der Waals surface area contributed by atoms with Crippen molar-refractivity contribution in [2.24, 2.45) is 0 Å². The number of nitrogens with zero attached hydrogens (tertiary/aromatic N) is 1. The van der Waals surface area contributed by atoms with Crippen LogP contribution in [0.1, 0.15) is 19.5 Å². The second-order valence-corrected chi connectivity index (χ2v) is 4.52. The van der Waals surface area contributed by atoms with E-state index < -0.39 is 11.9 Å². The Morgan fingerprint density at radius 1 is 1.24 bits per heavy atom. The van der Waals surface area contributed by atoms with E-state index in [-0.39, 0.29) is 11.3 Å². The summed E-state index contributed by atoms with van der Waals surface area (Å²) < 4.78 is 23.4. The third-order valence-electron chi connectivity index (χ3n) is 3.13. The highest BCUT2D eigenvalue weighted by atomic mass is 19.1. The first-order valence-electron chi connectivity index (χ1n) is 6.27. The number of carbonyl (C=O) groups is 1. The minimum atomic E-state index is -0.594. The summed E-state index contributed by atoms with van der Waals surface area (Å²) in [5, 5.41) is 0. The molecule has 0 radical (unpaired) electrons. The molecule has 0 atom stereocenters. The summed E-state index contributed by atoms with van der Waals surface area (Å²) in [6.45, 7) is 5.20. The molecule has 1 aliphatic carbocycles. The fourth-order valence-corrected chi connectivity index (χ4v) is 1.82. The zero-order chi connectivity index (χ0) is 15.6. The van der Waals surface area contributed by atoms with E-state index in [2.05, 4.69) is 16.4 Å². The van der Waals surface area contributed by atoms with Gasteiger partial charge in [0.05, 0.1) is 12.8 Å². The van der Waals surface area contributed by atoms with Crippen molar-refractivity contribution < 1.29 is 18.7 Å². The molecule has 0 bridgehead atoms. The van der Waals surface area contributed by atoms with Gasteiger partial charge in [0, 0.05) is 5.57 Å². The first-order valence-corrected chi connectivity index (χ1v) is 6.27. The molecule has 0 fully saturated rings. The number of hydrogen-bond donors (Lipinski definition) is 0. The summed E-state index contributed by atoms with van der Waals surface area (Å²) in [4.78, 5) is 15.6. The summed E-state index contributed by atoms with van der Waals surface area (Å²) in [6.07, 6.45) is 0. The molecule has 5 heteroatoms. The number of aromatic nitrogens is 1. The molecule has 0 N–H and O–H groups in total. The van der Waals surface area contributed by atoms with Gasteiger partial charge in [-0.2, -0.15) is 4.39 Å². The van der Waals surface area contributed by atoms with Crippen LogP contribution in [0.15, 0.2) is 46.1 Å². The minimum Gasteiger partial charge on any atom is -0.465 e. The van der Waals surface area contributed by atoms with Crippen molar-refractivity contribution in [2.45, 2.75) is 20.8 Å². The normalized spacial score (nSPS) is 13.8. The summed E-state index contributed by atoms with van der Waals surface area (Å²) in [5.74, 6) is -0.594. The van der Waals surface area contributed by atoms with Crippen LogP contribution < -0.4 is 4.74 Å². The molecule has 4 nitrogen and oxygen atoms in total. The smallest absolute Gasteiger partial charge is 0.342 e. The lowest BCUT2D eigenvalue weighted by atomic mass is 9.99. The van der Waals surface area contributed by atoms with Crippen LogP contribution in [-0.2, 0) is 9.53 Å². The van der Waals surface area contributed by atoms with Crippen LogP contribution in [-0.4, -0.2) is 18.1 Å². The molecule has 1 aromatic rings. The quantitative estimate of drug-likeness (QED) is 0.487. The molecule has 0 aliphatic heterocycles. The molecule has 1 heterocycles. The average molecular weight is 287 g/mol. The standard InChI is InChI=1S/C16H14FNO3/c1-9-5-6-13(15(10(9)2)16(19)20-4)21-12-7-8-14(17)18-11(12)3/h7-8H,1-4H3. The summed E-state index contributed by atoms with van der Waals surface area (Å²) in [6, 6.07) is 2.63. The number of rotatable bonds is 3. The fourth-order valence-electron chi connectivity index (χ4n) is 1.82. The number of hydrogen-bond acceptors (Lipinski definition) is 4. The predicted octanol–water partition coefficient (Wildman–Crippen LogP) is 3.00. The lowest BCUT2D eigenvalue weighted by Crippen LogP contribution is -2.14. The zero-order valence-electron chi connectivity index (χ0n) is 12.2. The Morgan fingerprint density at radius 3 is 2.57 bits per heavy atom. The van der Waals surface area contributed by atoms with Gasteiger partial charge < -0.3 is 9.47 Å². The third-order valence-corrected chi connectivity index (χ3v) is 3.13. The topological polar surface area (TPSA) is 48.4 Å². The van der Waals surface area contributed by atoms with Crippen molar-refractivity contribution in [3.8, 4) is 5.75 Å². The number of esters is 1. The van der Waals surface area contributed by atoms with Crippen molar-refractivity contribution >= 4 is 5.97 Å². The van der Waals surface area contributed by atoms with Crippen LogP contribution in [0.25, 0.3) is 0 Å². The van der Waals surface area contributed by atoms with Crippen LogP contribution in [0.3, 0.4) is 0 Å². The van der Waals surface area contributed by atoms with Gasteiger partial charge in [-0.15, -0.1) is 0 Å². The first kappa shape index (κ1) is 14.8. The molecule has 1 aliphatic rings. The van der Waals surface area contributed by atoms with Gasteiger partial charge in [0.2, 0.25) is 5.95 Å². The highest BCUT2D eigenvalue weighted by molar-refractivity contribution is 5.94. The second-order valence-electron chi connectivity index (χ2n) is 4.52. The Labute approximate surface area is 121 Å². The van der Waals surface area contributed by atoms with E-state index in [4.69, 9.17) is 9.47 Å². The largest absolute Gasteiger partial charge is 0.465 e. The molecule has 108 valence electrons. The molecule has 1 aromatic heterocycles.